The molecule has 0 saturated carbocycles. The van der Waals surface area contributed by atoms with Crippen molar-refractivity contribution in [1.82, 2.24) is 0 Å². The van der Waals surface area contributed by atoms with Gasteiger partial charge in [-0.25, -0.2) is 0 Å². The molecule has 0 fully saturated rings. The molecule has 0 aromatic carbocycles. The maximum absolute atomic E-state index is 7.65. The summed E-state index contributed by atoms with van der Waals surface area (Å²) in [5.41, 5.74) is 0. The molecule has 0 N–H and O–H groups in total. The van der Waals surface area contributed by atoms with Gasteiger partial charge in [0.1, 0.15) is 0 Å². The molecule has 0 aliphatic heterocycles. The number of nitrogens with zero attached hydrogens (tertiary/aromatic N) is 1. The standard InChI is InChI=1S/CHNSe.Li.Pt/c2-1-3;;/h3H;;/q;+1;/p-1. The molecule has 0 radical (unpaired) electrons. The first-order chi connectivity index (χ1) is 1.91. The Morgan fingerprint density at radius 2 is 2.00 bits per heavy atom. The van der Waals surface area contributed by atoms with Crippen molar-refractivity contribution in [2.45, 2.75) is 0 Å². The van der Waals surface area contributed by atoms with Crippen LogP contribution in [-0.2, 0) is 17.7 Å². The Bertz CT molecular complexity index is 41.4. The Balaban J connectivity index is 0. The van der Waals surface area contributed by atoms with Crippen LogP contribution in [0.3, 0.4) is 0 Å². The molecule has 0 heterocycles. The van der Waals surface area contributed by atoms with Gasteiger partial charge in [0.15, 0.2) is 0 Å². The van der Waals surface area contributed by atoms with Crippen LogP contribution in [0.4, 0.5) is 0 Å². The zero-order valence-electron chi connectivity index (χ0n) is 2.67. The third-order valence-electron chi connectivity index (χ3n) is 0.0289. The molecule has 0 aliphatic rings. The van der Waals surface area contributed by atoms with Gasteiger partial charge >= 0.3 is 59.1 Å². The van der Waals surface area contributed by atoms with Crippen molar-refractivity contribution in [3.63, 3.8) is 0 Å². The molecule has 0 aromatic rings. The summed E-state index contributed by atoms with van der Waals surface area (Å²) in [6.45, 7) is 0. The van der Waals surface area contributed by atoms with Crippen molar-refractivity contribution in [1.29, 1.82) is 5.26 Å². The maximum atomic E-state index is 7.65. The Kier molecular flexibility index (Phi) is 17.2. The second-order valence-corrected chi connectivity index (χ2v) is 3.22. The first-order valence-electron chi connectivity index (χ1n) is 0.557. The van der Waals surface area contributed by atoms with E-state index < -0.39 is 0 Å². The average Bonchev–Trinajstić information content (AvgIpc) is 1.37. The van der Waals surface area contributed by atoms with E-state index in [0.717, 1.165) is 0 Å². The largest absolute Gasteiger partial charge is 1.00 e. The first-order valence-corrected chi connectivity index (χ1v) is 6.78. The summed E-state index contributed by atoms with van der Waals surface area (Å²) >= 11 is 2.23. The summed E-state index contributed by atoms with van der Waals surface area (Å²) in [7, 11) is 0. The fraction of sp³-hybridized carbons (Fsp3) is 0. The van der Waals surface area contributed by atoms with E-state index in [9.17, 15) is 0 Å². The van der Waals surface area contributed by atoms with E-state index in [-0.39, 0.29) is 31.2 Å². The molecule has 1 nitrogen and oxygen atoms in total. The van der Waals surface area contributed by atoms with Crippen LogP contribution in [0.1, 0.15) is 0 Å². The molecule has 0 aromatic heterocycles. The normalized spacial score (nSPS) is 4.20. The second-order valence-electron chi connectivity index (χ2n) is 0.156. The van der Waals surface area contributed by atoms with Crippen molar-refractivity contribution in [2.75, 3.05) is 0 Å². The predicted octanol–water partition coefficient (Wildman–Crippen LogP) is -3.36. The molecule has 0 atom stereocenters. The van der Waals surface area contributed by atoms with Crippen LogP contribution in [0.5, 0.6) is 0 Å². The van der Waals surface area contributed by atoms with Crippen molar-refractivity contribution in [3.8, 4) is 4.97 Å². The fourth-order valence-electron chi connectivity index (χ4n) is 0. The third kappa shape index (κ3) is 10.9. The molecular formula is CLiNPtSe. The van der Waals surface area contributed by atoms with Crippen LogP contribution in [0.15, 0.2) is 0 Å². The molecule has 26 valence electrons. The Morgan fingerprint density at radius 1 is 1.80 bits per heavy atom. The molecule has 0 spiro atoms. The van der Waals surface area contributed by atoms with Crippen LogP contribution < -0.4 is 18.9 Å². The van der Waals surface area contributed by atoms with Gasteiger partial charge in [-0.05, 0) is 0 Å². The first kappa shape index (κ1) is 9.57. The van der Waals surface area contributed by atoms with E-state index in [1.807, 2.05) is 22.7 Å². The topological polar surface area (TPSA) is 23.8 Å². The van der Waals surface area contributed by atoms with Crippen LogP contribution >= 0.6 is 0 Å². The van der Waals surface area contributed by atoms with Gasteiger partial charge in [-0.2, -0.15) is 0 Å². The summed E-state index contributed by atoms with van der Waals surface area (Å²) in [6, 6.07) is 0. The van der Waals surface area contributed by atoms with Crippen molar-refractivity contribution in [2.24, 2.45) is 0 Å². The van der Waals surface area contributed by atoms with E-state index >= 15 is 0 Å². The molecular weight excluding hydrogens is 307 g/mol. The zero-order valence-corrected chi connectivity index (χ0v) is 6.66. The smallest absolute Gasteiger partial charge is 1.00 e. The van der Waals surface area contributed by atoms with Gasteiger partial charge in [0, 0.05) is 0 Å². The van der Waals surface area contributed by atoms with Gasteiger partial charge in [0.05, 0.1) is 0 Å². The van der Waals surface area contributed by atoms with Crippen LogP contribution in [-0.4, -0.2) is 12.3 Å². The average molecular weight is 307 g/mol. The minimum Gasteiger partial charge on any atom is 1.00 e. The Morgan fingerprint density at radius 3 is 2.00 bits per heavy atom. The second kappa shape index (κ2) is 9.00. The predicted molar refractivity (Wildman–Crippen MR) is 11.4 cm³/mol. The summed E-state index contributed by atoms with van der Waals surface area (Å²) < 4.78 is 0. The van der Waals surface area contributed by atoms with E-state index in [1.54, 1.807) is 0 Å². The summed E-state index contributed by atoms with van der Waals surface area (Å²) in [6.07, 6.45) is 0. The molecule has 0 unspecified atom stereocenters. The van der Waals surface area contributed by atoms with Gasteiger partial charge in [-0.3, -0.25) is 0 Å². The minimum atomic E-state index is 0. The number of rotatable bonds is 0. The monoisotopic (exact) mass is 308 g/mol. The Hall–Kier alpha value is 1.30. The fourth-order valence-corrected chi connectivity index (χ4v) is 0. The minimum absolute atomic E-state index is 0. The Labute approximate surface area is 58.7 Å². The maximum Gasteiger partial charge on any atom is 1.00 e. The molecule has 0 saturated heterocycles. The SMILES string of the molecule is N#C[Se][Pt-].[Li+]. The molecule has 0 rings (SSSR count). The quantitative estimate of drug-likeness (QED) is 0.429. The molecule has 5 heavy (non-hydrogen) atoms. The van der Waals surface area contributed by atoms with Crippen LogP contribution in [0, 0.1) is 10.2 Å². The summed E-state index contributed by atoms with van der Waals surface area (Å²) in [5.74, 6) is 0. The molecule has 0 aliphatic carbocycles. The van der Waals surface area contributed by atoms with Crippen LogP contribution in [0.2, 0.25) is 0 Å². The van der Waals surface area contributed by atoms with Gasteiger partial charge in [-0.1, -0.05) is 0 Å². The zero-order chi connectivity index (χ0) is 3.41. The van der Waals surface area contributed by atoms with Crippen molar-refractivity contribution >= 4 is 12.3 Å². The number of nitriles is 1. The van der Waals surface area contributed by atoms with Gasteiger partial charge in [0.2, 0.25) is 0 Å². The molecule has 0 bridgehead atoms. The van der Waals surface area contributed by atoms with Gasteiger partial charge in [-0.15, -0.1) is 0 Å². The summed E-state index contributed by atoms with van der Waals surface area (Å²) in [4.78, 5) is 1.98. The van der Waals surface area contributed by atoms with Gasteiger partial charge in [0.25, 0.3) is 0 Å². The number of hydrogen-bond donors (Lipinski definition) is 0. The third-order valence-corrected chi connectivity index (χ3v) is 1.23. The van der Waals surface area contributed by atoms with E-state index in [0.29, 0.717) is 0 Å². The molecule has 0 amide bonds. The van der Waals surface area contributed by atoms with Crippen LogP contribution in [0.25, 0.3) is 0 Å². The molecule has 4 heteroatoms. The van der Waals surface area contributed by atoms with E-state index in [4.69, 9.17) is 5.26 Å². The van der Waals surface area contributed by atoms with Crippen molar-refractivity contribution in [3.05, 3.63) is 0 Å². The summed E-state index contributed by atoms with van der Waals surface area (Å²) in [5, 5.41) is 7.65. The van der Waals surface area contributed by atoms with E-state index in [1.165, 1.54) is 0 Å². The number of hydrogen-bond acceptors (Lipinski definition) is 1. The van der Waals surface area contributed by atoms with Crippen molar-refractivity contribution < 1.29 is 36.6 Å². The van der Waals surface area contributed by atoms with E-state index in [2.05, 4.69) is 0 Å². The van der Waals surface area contributed by atoms with Gasteiger partial charge < -0.3 is 0 Å².